The van der Waals surface area contributed by atoms with Crippen molar-refractivity contribution in [2.24, 2.45) is 0 Å². The lowest BCUT2D eigenvalue weighted by Gasteiger charge is -2.34. The Balaban J connectivity index is 2.07. The number of nitrogens with zero attached hydrogens (tertiary/aromatic N) is 1. The highest BCUT2D eigenvalue weighted by Gasteiger charge is 2.25. The van der Waals surface area contributed by atoms with Crippen LogP contribution in [0.5, 0.6) is 0 Å². The third-order valence-electron chi connectivity index (χ3n) is 3.79. The van der Waals surface area contributed by atoms with Crippen LogP contribution in [0.4, 0.5) is 19.3 Å². The van der Waals surface area contributed by atoms with Gasteiger partial charge in [-0.1, -0.05) is 19.3 Å². The van der Waals surface area contributed by atoms with Gasteiger partial charge in [0.25, 0.3) is 0 Å². The molecule has 1 aromatic rings. The number of carbonyl (C=O) groups is 1. The second kappa shape index (κ2) is 7.36. The van der Waals surface area contributed by atoms with Crippen LogP contribution in [0.25, 0.3) is 0 Å². The lowest BCUT2D eigenvalue weighted by atomic mass is 9.94. The van der Waals surface area contributed by atoms with E-state index >= 15 is 0 Å². The molecule has 21 heavy (non-hydrogen) atoms. The molecule has 2 rings (SSSR count). The number of anilines is 1. The maximum Gasteiger partial charge on any atom is 0.322 e. The van der Waals surface area contributed by atoms with Gasteiger partial charge in [-0.05, 0) is 25.0 Å². The Kier molecular flexibility index (Phi) is 5.50. The Morgan fingerprint density at radius 2 is 2.00 bits per heavy atom. The molecule has 1 aromatic carbocycles. The Morgan fingerprint density at radius 1 is 1.29 bits per heavy atom. The van der Waals surface area contributed by atoms with Gasteiger partial charge in [-0.2, -0.15) is 0 Å². The predicted octanol–water partition coefficient (Wildman–Crippen LogP) is 3.12. The molecule has 116 valence electrons. The minimum Gasteiger partial charge on any atom is -0.395 e. The Hall–Kier alpha value is -1.69. The average Bonchev–Trinajstić information content (AvgIpc) is 2.48. The molecule has 2 N–H and O–H groups in total. The minimum absolute atomic E-state index is 0.0554. The summed E-state index contributed by atoms with van der Waals surface area (Å²) < 4.78 is 26.4. The van der Waals surface area contributed by atoms with Gasteiger partial charge in [-0.25, -0.2) is 13.6 Å². The first kappa shape index (κ1) is 15.7. The van der Waals surface area contributed by atoms with Crippen molar-refractivity contribution in [3.8, 4) is 0 Å². The number of aliphatic hydroxyl groups is 1. The summed E-state index contributed by atoms with van der Waals surface area (Å²) in [6.45, 7) is 0.0646. The second-order valence-corrected chi connectivity index (χ2v) is 5.26. The third-order valence-corrected chi connectivity index (χ3v) is 3.79. The normalized spacial score (nSPS) is 15.8. The molecule has 1 aliphatic rings. The zero-order valence-electron chi connectivity index (χ0n) is 11.8. The molecule has 4 nitrogen and oxygen atoms in total. The van der Waals surface area contributed by atoms with Gasteiger partial charge < -0.3 is 15.3 Å². The molecule has 2 amide bonds. The van der Waals surface area contributed by atoms with Gasteiger partial charge in [0.1, 0.15) is 11.6 Å². The van der Waals surface area contributed by atoms with E-state index in [0.29, 0.717) is 0 Å². The van der Waals surface area contributed by atoms with Crippen LogP contribution in [0.2, 0.25) is 0 Å². The van der Waals surface area contributed by atoms with Crippen LogP contribution in [0, 0.1) is 11.6 Å². The Bertz CT molecular complexity index is 491. The summed E-state index contributed by atoms with van der Waals surface area (Å²) in [5, 5.41) is 11.6. The summed E-state index contributed by atoms with van der Waals surface area (Å²) in [5.74, 6) is -1.50. The fourth-order valence-electron chi connectivity index (χ4n) is 2.73. The molecule has 0 aromatic heterocycles. The van der Waals surface area contributed by atoms with Gasteiger partial charge in [-0.3, -0.25) is 0 Å². The van der Waals surface area contributed by atoms with Crippen molar-refractivity contribution in [2.45, 2.75) is 38.1 Å². The molecule has 1 fully saturated rings. The number of carbonyl (C=O) groups excluding carboxylic acids is 1. The second-order valence-electron chi connectivity index (χ2n) is 5.26. The SMILES string of the molecule is O=C(Nc1ccc(F)cc1F)N(CCO)C1CCCCC1. The topological polar surface area (TPSA) is 52.6 Å². The van der Waals surface area contributed by atoms with Gasteiger partial charge in [0.15, 0.2) is 0 Å². The van der Waals surface area contributed by atoms with E-state index in [1.165, 1.54) is 6.07 Å². The van der Waals surface area contributed by atoms with Crippen molar-refractivity contribution in [1.82, 2.24) is 4.90 Å². The average molecular weight is 298 g/mol. The van der Waals surface area contributed by atoms with E-state index < -0.39 is 17.7 Å². The van der Waals surface area contributed by atoms with Crippen LogP contribution in [0.15, 0.2) is 18.2 Å². The highest BCUT2D eigenvalue weighted by molar-refractivity contribution is 5.89. The first-order chi connectivity index (χ1) is 10.1. The molecule has 0 aliphatic heterocycles. The molecule has 0 spiro atoms. The number of urea groups is 1. The van der Waals surface area contributed by atoms with Gasteiger partial charge in [0.05, 0.1) is 12.3 Å². The maximum absolute atomic E-state index is 13.6. The number of halogens is 2. The third kappa shape index (κ3) is 4.14. The fraction of sp³-hybridized carbons (Fsp3) is 0.533. The molecule has 0 saturated heterocycles. The summed E-state index contributed by atoms with van der Waals surface area (Å²) in [4.78, 5) is 13.8. The van der Waals surface area contributed by atoms with Crippen molar-refractivity contribution in [3.63, 3.8) is 0 Å². The molecule has 0 radical (unpaired) electrons. The summed E-state index contributed by atoms with van der Waals surface area (Å²) >= 11 is 0. The predicted molar refractivity (Wildman–Crippen MR) is 76.0 cm³/mol. The van der Waals surface area contributed by atoms with E-state index in [2.05, 4.69) is 5.32 Å². The number of nitrogens with one attached hydrogen (secondary N) is 1. The minimum atomic E-state index is -0.809. The molecule has 1 saturated carbocycles. The van der Waals surface area contributed by atoms with E-state index in [1.54, 1.807) is 4.90 Å². The monoisotopic (exact) mass is 298 g/mol. The van der Waals surface area contributed by atoms with E-state index in [4.69, 9.17) is 5.11 Å². The van der Waals surface area contributed by atoms with Crippen LogP contribution in [0.1, 0.15) is 32.1 Å². The van der Waals surface area contributed by atoms with Crippen molar-refractivity contribution in [2.75, 3.05) is 18.5 Å². The zero-order valence-corrected chi connectivity index (χ0v) is 11.8. The zero-order chi connectivity index (χ0) is 15.2. The van der Waals surface area contributed by atoms with E-state index in [-0.39, 0.29) is 24.9 Å². The Morgan fingerprint density at radius 3 is 2.62 bits per heavy atom. The van der Waals surface area contributed by atoms with Gasteiger partial charge in [0.2, 0.25) is 0 Å². The van der Waals surface area contributed by atoms with Gasteiger partial charge >= 0.3 is 6.03 Å². The number of rotatable bonds is 4. The lowest BCUT2D eigenvalue weighted by molar-refractivity contribution is 0.144. The molecule has 6 heteroatoms. The highest BCUT2D eigenvalue weighted by atomic mass is 19.1. The van der Waals surface area contributed by atoms with E-state index in [9.17, 15) is 13.6 Å². The van der Waals surface area contributed by atoms with Gasteiger partial charge in [-0.15, -0.1) is 0 Å². The standard InChI is InChI=1S/C15H20F2N2O2/c16-11-6-7-14(13(17)10-11)18-15(21)19(8-9-20)12-4-2-1-3-5-12/h6-7,10,12,20H,1-5,8-9H2,(H,18,21). The molecule has 0 atom stereocenters. The number of benzene rings is 1. The van der Waals surface area contributed by atoms with Crippen molar-refractivity contribution in [3.05, 3.63) is 29.8 Å². The molecule has 0 bridgehead atoms. The van der Waals surface area contributed by atoms with Crippen molar-refractivity contribution < 1.29 is 18.7 Å². The van der Waals surface area contributed by atoms with Crippen LogP contribution in [-0.2, 0) is 0 Å². The molecular weight excluding hydrogens is 278 g/mol. The summed E-state index contributed by atoms with van der Waals surface area (Å²) in [7, 11) is 0. The summed E-state index contributed by atoms with van der Waals surface area (Å²) in [6.07, 6.45) is 5.02. The first-order valence-corrected chi connectivity index (χ1v) is 7.25. The van der Waals surface area contributed by atoms with Crippen molar-refractivity contribution >= 4 is 11.7 Å². The van der Waals surface area contributed by atoms with E-state index in [0.717, 1.165) is 44.2 Å². The van der Waals surface area contributed by atoms with Crippen molar-refractivity contribution in [1.29, 1.82) is 0 Å². The molecule has 0 heterocycles. The lowest BCUT2D eigenvalue weighted by Crippen LogP contribution is -2.45. The molecular formula is C15H20F2N2O2. The van der Waals surface area contributed by atoms with Crippen LogP contribution >= 0.6 is 0 Å². The first-order valence-electron chi connectivity index (χ1n) is 7.25. The quantitative estimate of drug-likeness (QED) is 0.897. The summed E-state index contributed by atoms with van der Waals surface area (Å²) in [6, 6.07) is 2.62. The smallest absolute Gasteiger partial charge is 0.322 e. The van der Waals surface area contributed by atoms with Crippen LogP contribution in [0.3, 0.4) is 0 Å². The molecule has 0 unspecified atom stereocenters. The largest absolute Gasteiger partial charge is 0.395 e. The van der Waals surface area contributed by atoms with Crippen LogP contribution in [-0.4, -0.2) is 35.2 Å². The maximum atomic E-state index is 13.6. The number of hydrogen-bond donors (Lipinski definition) is 2. The number of aliphatic hydroxyl groups excluding tert-OH is 1. The van der Waals surface area contributed by atoms with Crippen LogP contribution < -0.4 is 5.32 Å². The Labute approximate surface area is 122 Å². The number of hydrogen-bond acceptors (Lipinski definition) is 2. The molecule has 1 aliphatic carbocycles. The number of amides is 2. The van der Waals surface area contributed by atoms with E-state index in [1.807, 2.05) is 0 Å². The van der Waals surface area contributed by atoms with Gasteiger partial charge in [0, 0.05) is 18.7 Å². The highest BCUT2D eigenvalue weighted by Crippen LogP contribution is 2.23. The summed E-state index contributed by atoms with van der Waals surface area (Å²) in [5.41, 5.74) is -0.0554. The fourth-order valence-corrected chi connectivity index (χ4v) is 2.73.